The first-order chi connectivity index (χ1) is 10.3. The zero-order chi connectivity index (χ0) is 14.9. The molecule has 0 fully saturated rings. The predicted octanol–water partition coefficient (Wildman–Crippen LogP) is 3.51. The summed E-state index contributed by atoms with van der Waals surface area (Å²) < 4.78 is 0. The lowest BCUT2D eigenvalue weighted by Crippen LogP contribution is -1.95. The van der Waals surface area contributed by atoms with Gasteiger partial charge in [0.05, 0.1) is 5.56 Å². The summed E-state index contributed by atoms with van der Waals surface area (Å²) in [5, 5.41) is 0. The molecule has 0 radical (unpaired) electrons. The summed E-state index contributed by atoms with van der Waals surface area (Å²) in [5.41, 5.74) is 2.26. The molecular formula is C18H15N3. The molecule has 1 aromatic carbocycles. The van der Waals surface area contributed by atoms with Gasteiger partial charge in [0.2, 0.25) is 0 Å². The van der Waals surface area contributed by atoms with E-state index in [1.54, 1.807) is 18.5 Å². The van der Waals surface area contributed by atoms with Crippen LogP contribution in [0.25, 0.3) is 11.5 Å². The van der Waals surface area contributed by atoms with Crippen molar-refractivity contribution < 1.29 is 0 Å². The van der Waals surface area contributed by atoms with Crippen molar-refractivity contribution >= 4 is 0 Å². The van der Waals surface area contributed by atoms with E-state index in [0.29, 0.717) is 17.1 Å². The zero-order valence-corrected chi connectivity index (χ0v) is 11.8. The van der Waals surface area contributed by atoms with Gasteiger partial charge >= 0.3 is 0 Å². The Morgan fingerprint density at radius 1 is 0.857 bits per heavy atom. The number of terminal acetylenes is 1. The summed E-state index contributed by atoms with van der Waals surface area (Å²) in [6, 6.07) is 17.5. The number of hydrogen-bond donors (Lipinski definition) is 0. The third kappa shape index (κ3) is 4.26. The van der Waals surface area contributed by atoms with Crippen LogP contribution in [0.4, 0.5) is 0 Å². The van der Waals surface area contributed by atoms with Gasteiger partial charge in [-0.15, -0.1) is 6.42 Å². The SMILES string of the molecule is C#Cc1cccnc1-c1nccc(C)n1.c1ccccc1. The van der Waals surface area contributed by atoms with E-state index in [-0.39, 0.29) is 0 Å². The van der Waals surface area contributed by atoms with Crippen molar-refractivity contribution in [2.45, 2.75) is 6.92 Å². The molecule has 3 heteroatoms. The van der Waals surface area contributed by atoms with Crippen LogP contribution in [0.5, 0.6) is 0 Å². The molecule has 3 nitrogen and oxygen atoms in total. The maximum atomic E-state index is 5.38. The van der Waals surface area contributed by atoms with Crippen molar-refractivity contribution in [3.05, 3.63) is 78.2 Å². The molecule has 0 atom stereocenters. The fraction of sp³-hybridized carbons (Fsp3) is 0.0556. The minimum atomic E-state index is 0.573. The Labute approximate surface area is 124 Å². The Balaban J connectivity index is 0.000000225. The highest BCUT2D eigenvalue weighted by atomic mass is 14.9. The molecule has 0 N–H and O–H groups in total. The molecule has 0 aliphatic rings. The highest BCUT2D eigenvalue weighted by molar-refractivity contribution is 5.60. The van der Waals surface area contributed by atoms with E-state index in [0.717, 1.165) is 5.69 Å². The molecule has 3 aromatic rings. The normalized spacial score (nSPS) is 9.14. The fourth-order valence-corrected chi connectivity index (χ4v) is 1.65. The van der Waals surface area contributed by atoms with Crippen LogP contribution in [0.15, 0.2) is 67.0 Å². The molecule has 0 bridgehead atoms. The highest BCUT2D eigenvalue weighted by Crippen LogP contribution is 2.15. The van der Waals surface area contributed by atoms with Gasteiger partial charge in [-0.1, -0.05) is 42.3 Å². The maximum absolute atomic E-state index is 5.38. The summed E-state index contributed by atoms with van der Waals surface area (Å²) in [7, 11) is 0. The number of hydrogen-bond acceptors (Lipinski definition) is 3. The second-order valence-corrected chi connectivity index (χ2v) is 4.22. The van der Waals surface area contributed by atoms with Crippen LogP contribution < -0.4 is 0 Å². The van der Waals surface area contributed by atoms with Gasteiger partial charge in [-0.25, -0.2) is 9.97 Å². The topological polar surface area (TPSA) is 38.7 Å². The largest absolute Gasteiger partial charge is 0.252 e. The quantitative estimate of drug-likeness (QED) is 0.637. The van der Waals surface area contributed by atoms with Crippen molar-refractivity contribution in [3.63, 3.8) is 0 Å². The second-order valence-electron chi connectivity index (χ2n) is 4.22. The Kier molecular flexibility index (Phi) is 5.19. The van der Waals surface area contributed by atoms with Gasteiger partial charge in [0, 0.05) is 18.1 Å². The van der Waals surface area contributed by atoms with E-state index in [9.17, 15) is 0 Å². The van der Waals surface area contributed by atoms with Crippen LogP contribution >= 0.6 is 0 Å². The standard InChI is InChI=1S/C12H9N3.C6H6/c1-3-10-5-4-7-13-11(10)12-14-8-6-9(2)15-12;1-2-4-6-5-3-1/h1,4-8H,2H3;1-6H. The average molecular weight is 273 g/mol. The number of aromatic nitrogens is 3. The zero-order valence-electron chi connectivity index (χ0n) is 11.8. The van der Waals surface area contributed by atoms with Gasteiger partial charge in [-0.05, 0) is 25.1 Å². The van der Waals surface area contributed by atoms with Crippen LogP contribution in [0.1, 0.15) is 11.3 Å². The summed E-state index contributed by atoms with van der Waals surface area (Å²) in [4.78, 5) is 12.6. The first kappa shape index (κ1) is 14.4. The molecule has 0 saturated heterocycles. The molecule has 102 valence electrons. The first-order valence-electron chi connectivity index (χ1n) is 6.53. The molecule has 0 aliphatic heterocycles. The van der Waals surface area contributed by atoms with E-state index in [1.165, 1.54) is 0 Å². The maximum Gasteiger partial charge on any atom is 0.179 e. The van der Waals surface area contributed by atoms with Crippen LogP contribution in [0, 0.1) is 19.3 Å². The van der Waals surface area contributed by atoms with E-state index in [4.69, 9.17) is 6.42 Å². The van der Waals surface area contributed by atoms with E-state index in [2.05, 4.69) is 20.9 Å². The monoisotopic (exact) mass is 273 g/mol. The van der Waals surface area contributed by atoms with Crippen molar-refractivity contribution in [2.75, 3.05) is 0 Å². The van der Waals surface area contributed by atoms with Crippen LogP contribution in [0.2, 0.25) is 0 Å². The molecular weight excluding hydrogens is 258 g/mol. The Morgan fingerprint density at radius 3 is 2.10 bits per heavy atom. The van der Waals surface area contributed by atoms with Gasteiger partial charge in [-0.3, -0.25) is 4.98 Å². The molecule has 21 heavy (non-hydrogen) atoms. The molecule has 2 aromatic heterocycles. The molecule has 0 saturated carbocycles. The summed E-state index contributed by atoms with van der Waals surface area (Å²) in [6.07, 6.45) is 8.76. The Morgan fingerprint density at radius 2 is 1.52 bits per heavy atom. The number of benzene rings is 1. The Bertz CT molecular complexity index is 704. The lowest BCUT2D eigenvalue weighted by Gasteiger charge is -2.01. The van der Waals surface area contributed by atoms with Crippen LogP contribution in [0.3, 0.4) is 0 Å². The third-order valence-electron chi connectivity index (χ3n) is 2.64. The summed E-state index contributed by atoms with van der Waals surface area (Å²) in [5.74, 6) is 3.14. The molecule has 0 aliphatic carbocycles. The second kappa shape index (κ2) is 7.56. The minimum absolute atomic E-state index is 0.573. The molecule has 0 amide bonds. The van der Waals surface area contributed by atoms with Gasteiger partial charge in [0.1, 0.15) is 5.69 Å². The summed E-state index contributed by atoms with van der Waals surface area (Å²) in [6.45, 7) is 1.91. The van der Waals surface area contributed by atoms with Crippen molar-refractivity contribution in [1.29, 1.82) is 0 Å². The van der Waals surface area contributed by atoms with E-state index in [1.807, 2.05) is 55.5 Å². The van der Waals surface area contributed by atoms with Crippen LogP contribution in [-0.4, -0.2) is 15.0 Å². The van der Waals surface area contributed by atoms with E-state index < -0.39 is 0 Å². The van der Waals surface area contributed by atoms with Crippen molar-refractivity contribution in [2.24, 2.45) is 0 Å². The smallest absolute Gasteiger partial charge is 0.179 e. The summed E-state index contributed by atoms with van der Waals surface area (Å²) >= 11 is 0. The number of rotatable bonds is 1. The van der Waals surface area contributed by atoms with Crippen molar-refractivity contribution in [1.82, 2.24) is 15.0 Å². The van der Waals surface area contributed by atoms with Gasteiger partial charge in [0.25, 0.3) is 0 Å². The molecule has 3 rings (SSSR count). The lowest BCUT2D eigenvalue weighted by molar-refractivity contribution is 1.09. The first-order valence-corrected chi connectivity index (χ1v) is 6.53. The predicted molar refractivity (Wildman–Crippen MR) is 84.4 cm³/mol. The lowest BCUT2D eigenvalue weighted by atomic mass is 10.2. The highest BCUT2D eigenvalue weighted by Gasteiger charge is 2.06. The average Bonchev–Trinajstić information content (AvgIpc) is 2.57. The fourth-order valence-electron chi connectivity index (χ4n) is 1.65. The van der Waals surface area contributed by atoms with Gasteiger partial charge < -0.3 is 0 Å². The van der Waals surface area contributed by atoms with Crippen molar-refractivity contribution in [3.8, 4) is 23.9 Å². The van der Waals surface area contributed by atoms with Gasteiger partial charge in [0.15, 0.2) is 5.82 Å². The number of nitrogens with zero attached hydrogens (tertiary/aromatic N) is 3. The van der Waals surface area contributed by atoms with E-state index >= 15 is 0 Å². The minimum Gasteiger partial charge on any atom is -0.252 e. The number of aryl methyl sites for hydroxylation is 1. The molecule has 2 heterocycles. The number of pyridine rings is 1. The Hall–Kier alpha value is -2.99. The van der Waals surface area contributed by atoms with Gasteiger partial charge in [-0.2, -0.15) is 0 Å². The third-order valence-corrected chi connectivity index (χ3v) is 2.64. The molecule has 0 unspecified atom stereocenters. The molecule has 0 spiro atoms. The van der Waals surface area contributed by atoms with Crippen LogP contribution in [-0.2, 0) is 0 Å².